The molecule has 1 aromatic rings. The van der Waals surface area contributed by atoms with Gasteiger partial charge in [0.2, 0.25) is 5.91 Å². The van der Waals surface area contributed by atoms with Crippen molar-refractivity contribution in [2.75, 3.05) is 0 Å². The number of hydrogen-bond acceptors (Lipinski definition) is 1. The molecule has 1 unspecified atom stereocenters. The summed E-state index contributed by atoms with van der Waals surface area (Å²) in [5.41, 5.74) is 6.07. The second-order valence-corrected chi connectivity index (χ2v) is 3.50. The molecule has 1 rings (SSSR count). The minimum atomic E-state index is -0.299. The summed E-state index contributed by atoms with van der Waals surface area (Å²) in [6.45, 7) is 1.94. The molecule has 2 N–H and O–H groups in total. The summed E-state index contributed by atoms with van der Waals surface area (Å²) in [5.74, 6) is -0.210. The summed E-state index contributed by atoms with van der Waals surface area (Å²) in [7, 11) is 0. The predicted octanol–water partition coefficient (Wildman–Crippen LogP) is 2.32. The molecule has 0 saturated heterocycles. The number of amides is 1. The van der Waals surface area contributed by atoms with Crippen LogP contribution in [0.2, 0.25) is 5.02 Å². The fourth-order valence-electron chi connectivity index (χ4n) is 1.29. The number of halogens is 1. The molecular weight excluding hydrogens is 186 g/mol. The van der Waals surface area contributed by atoms with Gasteiger partial charge in [-0.3, -0.25) is 4.79 Å². The van der Waals surface area contributed by atoms with Crippen molar-refractivity contribution in [1.29, 1.82) is 0 Å². The summed E-state index contributed by atoms with van der Waals surface area (Å²) < 4.78 is 0. The van der Waals surface area contributed by atoms with E-state index in [9.17, 15) is 4.79 Å². The fourth-order valence-corrected chi connectivity index (χ4v) is 1.61. The van der Waals surface area contributed by atoms with Gasteiger partial charge in [0.05, 0.1) is 0 Å². The van der Waals surface area contributed by atoms with Crippen LogP contribution in [0.1, 0.15) is 24.8 Å². The summed E-state index contributed by atoms with van der Waals surface area (Å²) in [4.78, 5) is 10.7. The molecule has 0 aromatic heterocycles. The van der Waals surface area contributed by atoms with Crippen molar-refractivity contribution in [2.45, 2.75) is 19.3 Å². The van der Waals surface area contributed by atoms with Gasteiger partial charge in [-0.2, -0.15) is 0 Å². The summed E-state index contributed by atoms with van der Waals surface area (Å²) >= 11 is 5.95. The molecule has 1 atom stereocenters. The third-order valence-electron chi connectivity index (χ3n) is 1.94. The van der Waals surface area contributed by atoms with Crippen molar-refractivity contribution >= 4 is 17.5 Å². The van der Waals surface area contributed by atoms with E-state index in [2.05, 4.69) is 0 Å². The van der Waals surface area contributed by atoms with E-state index in [-0.39, 0.29) is 11.8 Å². The molecule has 0 aliphatic rings. The van der Waals surface area contributed by atoms with Gasteiger partial charge in [-0.25, -0.2) is 0 Å². The van der Waals surface area contributed by atoms with Crippen LogP contribution in [0.25, 0.3) is 0 Å². The van der Waals surface area contributed by atoms with Gasteiger partial charge in [-0.05, 0) is 17.5 Å². The monoisotopic (exact) mass is 197 g/mol. The van der Waals surface area contributed by atoms with E-state index in [1.807, 2.05) is 31.2 Å². The Hall–Kier alpha value is -1.02. The minimum Gasteiger partial charge on any atom is -0.370 e. The van der Waals surface area contributed by atoms with Gasteiger partial charge in [0.25, 0.3) is 0 Å². The van der Waals surface area contributed by atoms with E-state index in [1.165, 1.54) is 0 Å². The average molecular weight is 198 g/mol. The molecule has 0 saturated carbocycles. The zero-order valence-electron chi connectivity index (χ0n) is 7.46. The molecule has 70 valence electrons. The second-order valence-electron chi connectivity index (χ2n) is 3.09. The molecule has 3 heteroatoms. The molecule has 0 fully saturated rings. The van der Waals surface area contributed by atoms with E-state index in [0.717, 1.165) is 5.56 Å². The number of primary amides is 1. The van der Waals surface area contributed by atoms with E-state index < -0.39 is 0 Å². The Bertz CT molecular complexity index is 312. The normalized spacial score (nSPS) is 12.5. The second kappa shape index (κ2) is 4.28. The summed E-state index contributed by atoms with van der Waals surface area (Å²) in [5, 5.41) is 0.691. The number of hydrogen-bond donors (Lipinski definition) is 1. The third kappa shape index (κ3) is 2.74. The van der Waals surface area contributed by atoms with E-state index >= 15 is 0 Å². The first kappa shape index (κ1) is 10.1. The number of nitrogens with two attached hydrogens (primary N) is 1. The van der Waals surface area contributed by atoms with Crippen LogP contribution in [0, 0.1) is 0 Å². The highest BCUT2D eigenvalue weighted by atomic mass is 35.5. The minimum absolute atomic E-state index is 0.0891. The van der Waals surface area contributed by atoms with Gasteiger partial charge in [-0.1, -0.05) is 36.7 Å². The molecular formula is C10H12ClNO. The van der Waals surface area contributed by atoms with Crippen molar-refractivity contribution in [3.05, 3.63) is 34.9 Å². The van der Waals surface area contributed by atoms with Gasteiger partial charge in [-0.15, -0.1) is 0 Å². The molecule has 0 aliphatic heterocycles. The lowest BCUT2D eigenvalue weighted by Crippen LogP contribution is -2.13. The van der Waals surface area contributed by atoms with E-state index in [4.69, 9.17) is 17.3 Å². The standard InChI is InChI=1S/C10H12ClNO/c1-7(6-10(12)13)8-4-2-3-5-9(8)11/h2-5,7H,6H2,1H3,(H2,12,13). The maximum absolute atomic E-state index is 10.7. The van der Waals surface area contributed by atoms with Gasteiger partial charge in [0, 0.05) is 11.4 Å². The number of carbonyl (C=O) groups excluding carboxylic acids is 1. The van der Waals surface area contributed by atoms with Crippen LogP contribution in [0.15, 0.2) is 24.3 Å². The lowest BCUT2D eigenvalue weighted by Gasteiger charge is -2.10. The maximum atomic E-state index is 10.7. The number of benzene rings is 1. The van der Waals surface area contributed by atoms with Crippen LogP contribution in [-0.4, -0.2) is 5.91 Å². The van der Waals surface area contributed by atoms with Crippen LogP contribution in [0.3, 0.4) is 0 Å². The molecule has 2 nitrogen and oxygen atoms in total. The lowest BCUT2D eigenvalue weighted by atomic mass is 9.98. The predicted molar refractivity (Wildman–Crippen MR) is 53.7 cm³/mol. The maximum Gasteiger partial charge on any atom is 0.218 e. The van der Waals surface area contributed by atoms with Gasteiger partial charge < -0.3 is 5.73 Å². The Morgan fingerprint density at radius 2 is 2.15 bits per heavy atom. The molecule has 0 bridgehead atoms. The fraction of sp³-hybridized carbons (Fsp3) is 0.300. The molecule has 0 spiro atoms. The zero-order chi connectivity index (χ0) is 9.84. The van der Waals surface area contributed by atoms with Gasteiger partial charge in [0.15, 0.2) is 0 Å². The van der Waals surface area contributed by atoms with Crippen LogP contribution >= 0.6 is 11.6 Å². The smallest absolute Gasteiger partial charge is 0.218 e. The molecule has 1 aromatic carbocycles. The zero-order valence-corrected chi connectivity index (χ0v) is 8.21. The summed E-state index contributed by atoms with van der Waals surface area (Å²) in [6.07, 6.45) is 0.337. The molecule has 1 amide bonds. The Labute approximate surface area is 82.7 Å². The van der Waals surface area contributed by atoms with Crippen LogP contribution in [-0.2, 0) is 4.79 Å². The number of rotatable bonds is 3. The topological polar surface area (TPSA) is 43.1 Å². The molecule has 13 heavy (non-hydrogen) atoms. The Morgan fingerprint density at radius 1 is 1.54 bits per heavy atom. The Kier molecular flexibility index (Phi) is 3.32. The van der Waals surface area contributed by atoms with Crippen molar-refractivity contribution in [3.63, 3.8) is 0 Å². The van der Waals surface area contributed by atoms with Crippen molar-refractivity contribution in [2.24, 2.45) is 5.73 Å². The quantitative estimate of drug-likeness (QED) is 0.794. The van der Waals surface area contributed by atoms with E-state index in [1.54, 1.807) is 0 Å². The largest absolute Gasteiger partial charge is 0.370 e. The van der Waals surface area contributed by atoms with Gasteiger partial charge >= 0.3 is 0 Å². The highest BCUT2D eigenvalue weighted by molar-refractivity contribution is 6.31. The average Bonchev–Trinajstić information content (AvgIpc) is 2.03. The van der Waals surface area contributed by atoms with E-state index in [0.29, 0.717) is 11.4 Å². The lowest BCUT2D eigenvalue weighted by molar-refractivity contribution is -0.118. The van der Waals surface area contributed by atoms with Crippen molar-refractivity contribution in [1.82, 2.24) is 0 Å². The Morgan fingerprint density at radius 3 is 2.69 bits per heavy atom. The highest BCUT2D eigenvalue weighted by Crippen LogP contribution is 2.25. The highest BCUT2D eigenvalue weighted by Gasteiger charge is 2.10. The molecule has 0 heterocycles. The van der Waals surface area contributed by atoms with Crippen LogP contribution in [0.4, 0.5) is 0 Å². The van der Waals surface area contributed by atoms with Crippen molar-refractivity contribution < 1.29 is 4.79 Å². The third-order valence-corrected chi connectivity index (χ3v) is 2.29. The first-order chi connectivity index (χ1) is 6.11. The van der Waals surface area contributed by atoms with Gasteiger partial charge in [0.1, 0.15) is 0 Å². The molecule has 0 aliphatic carbocycles. The Balaban J connectivity index is 2.82. The van der Waals surface area contributed by atoms with Crippen LogP contribution in [0.5, 0.6) is 0 Å². The first-order valence-electron chi connectivity index (χ1n) is 4.14. The van der Waals surface area contributed by atoms with Crippen LogP contribution < -0.4 is 5.73 Å². The molecule has 0 radical (unpaired) electrons. The number of carbonyl (C=O) groups is 1. The SMILES string of the molecule is CC(CC(N)=O)c1ccccc1Cl. The first-order valence-corrected chi connectivity index (χ1v) is 4.51. The van der Waals surface area contributed by atoms with Crippen molar-refractivity contribution in [3.8, 4) is 0 Å². The summed E-state index contributed by atoms with van der Waals surface area (Å²) in [6, 6.07) is 7.49.